The molecular weight excluding hydrogens is 594 g/mol. The van der Waals surface area contributed by atoms with Gasteiger partial charge in [0.05, 0.1) is 34.1 Å². The number of halogens is 5. The van der Waals surface area contributed by atoms with Gasteiger partial charge in [0.25, 0.3) is 0 Å². The van der Waals surface area contributed by atoms with Crippen LogP contribution in [0.2, 0.25) is 10.0 Å². The summed E-state index contributed by atoms with van der Waals surface area (Å²) in [6, 6.07) is 17.4. The van der Waals surface area contributed by atoms with Crippen molar-refractivity contribution < 1.29 is 32.2 Å². The predicted molar refractivity (Wildman–Crippen MR) is 155 cm³/mol. The summed E-state index contributed by atoms with van der Waals surface area (Å²) in [4.78, 5) is 30.7. The Hall–Kier alpha value is -4.02. The molecule has 0 spiro atoms. The van der Waals surface area contributed by atoms with Crippen molar-refractivity contribution in [3.05, 3.63) is 99.2 Å². The molecule has 0 saturated heterocycles. The molecule has 220 valence electrons. The number of nitrogens with zero attached hydrogens (tertiary/aromatic N) is 2. The van der Waals surface area contributed by atoms with Crippen LogP contribution in [0.15, 0.2) is 66.7 Å². The maximum atomic E-state index is 12.9. The number of pyridine rings is 1. The summed E-state index contributed by atoms with van der Waals surface area (Å²) in [5, 5.41) is 3.80. The van der Waals surface area contributed by atoms with Crippen LogP contribution in [0.25, 0.3) is 10.9 Å². The van der Waals surface area contributed by atoms with Crippen LogP contribution < -0.4 is 15.0 Å². The van der Waals surface area contributed by atoms with E-state index in [4.69, 9.17) is 32.7 Å². The molecule has 1 heterocycles. The Morgan fingerprint density at radius 2 is 1.79 bits per heavy atom. The number of hydrogen-bond acceptors (Lipinski definition) is 5. The van der Waals surface area contributed by atoms with Crippen LogP contribution in [-0.2, 0) is 28.7 Å². The molecule has 42 heavy (non-hydrogen) atoms. The van der Waals surface area contributed by atoms with Gasteiger partial charge in [0.15, 0.2) is 0 Å². The highest BCUT2D eigenvalue weighted by Gasteiger charge is 2.30. The number of carbonyl (C=O) groups is 2. The number of benzene rings is 3. The average molecular weight is 620 g/mol. The van der Waals surface area contributed by atoms with Crippen molar-refractivity contribution in [2.75, 3.05) is 25.1 Å². The quantitative estimate of drug-likeness (QED) is 0.211. The number of alkyl carbamates (subject to hydrolysis) is 1. The van der Waals surface area contributed by atoms with E-state index >= 15 is 0 Å². The zero-order valence-corrected chi connectivity index (χ0v) is 24.1. The molecule has 0 unspecified atom stereocenters. The summed E-state index contributed by atoms with van der Waals surface area (Å²) in [6.45, 7) is 1.27. The van der Waals surface area contributed by atoms with Crippen molar-refractivity contribution in [1.29, 1.82) is 0 Å². The molecule has 3 aromatic carbocycles. The van der Waals surface area contributed by atoms with E-state index in [1.165, 1.54) is 24.1 Å². The fraction of sp³-hybridized carbons (Fsp3) is 0.233. The molecule has 0 radical (unpaired) electrons. The van der Waals surface area contributed by atoms with Crippen molar-refractivity contribution in [2.24, 2.45) is 0 Å². The molecule has 0 saturated carbocycles. The fourth-order valence-electron chi connectivity index (χ4n) is 4.08. The summed E-state index contributed by atoms with van der Waals surface area (Å²) in [5.41, 5.74) is 1.92. The van der Waals surface area contributed by atoms with E-state index in [0.717, 1.165) is 23.0 Å². The second kappa shape index (κ2) is 13.3. The molecule has 0 aliphatic carbocycles. The highest BCUT2D eigenvalue weighted by Crippen LogP contribution is 2.35. The second-order valence-corrected chi connectivity index (χ2v) is 10.1. The third-order valence-corrected chi connectivity index (χ3v) is 7.18. The lowest BCUT2D eigenvalue weighted by molar-refractivity contribution is -0.137. The molecule has 4 rings (SSSR count). The van der Waals surface area contributed by atoms with Crippen molar-refractivity contribution in [3.8, 4) is 5.75 Å². The number of hydrogen-bond donors (Lipinski definition) is 1. The lowest BCUT2D eigenvalue weighted by Crippen LogP contribution is -2.38. The number of para-hydroxylation sites is 1. The first-order valence-electron chi connectivity index (χ1n) is 12.7. The Labute approximate surface area is 250 Å². The summed E-state index contributed by atoms with van der Waals surface area (Å²) in [6.07, 6.45) is -5.28. The monoisotopic (exact) mass is 619 g/mol. The van der Waals surface area contributed by atoms with Gasteiger partial charge in [0.2, 0.25) is 5.91 Å². The largest absolute Gasteiger partial charge is 0.487 e. The maximum absolute atomic E-state index is 12.9. The fourth-order valence-corrected chi connectivity index (χ4v) is 4.69. The Balaban J connectivity index is 1.32. The standard InChI is InChI=1S/C30H26Cl2F3N3O4/c1-18-26(15-20-7-3-4-9-24(20)37-18)42-17-22-23(31)10-11-25(28(22)32)38(2)27(39)16-36-29(40)41-13-12-19-6-5-8-21(14-19)30(33,34)35/h3-11,14-15H,12-13,16-17H2,1-2H3,(H,36,40). The maximum Gasteiger partial charge on any atom is 0.416 e. The van der Waals surface area contributed by atoms with Crippen LogP contribution in [0.5, 0.6) is 5.75 Å². The molecule has 2 amide bonds. The number of fused-ring (bicyclic) bond motifs is 1. The number of likely N-dealkylation sites (N-methyl/N-ethyl adjacent to an activating group) is 1. The zero-order valence-electron chi connectivity index (χ0n) is 22.6. The van der Waals surface area contributed by atoms with E-state index < -0.39 is 30.3 Å². The topological polar surface area (TPSA) is 80.8 Å². The zero-order chi connectivity index (χ0) is 30.4. The van der Waals surface area contributed by atoms with Gasteiger partial charge in [-0.2, -0.15) is 13.2 Å². The Morgan fingerprint density at radius 1 is 1.02 bits per heavy atom. The Bertz CT molecular complexity index is 1620. The van der Waals surface area contributed by atoms with E-state index in [-0.39, 0.29) is 24.7 Å². The van der Waals surface area contributed by atoms with Crippen molar-refractivity contribution in [2.45, 2.75) is 26.1 Å². The first-order chi connectivity index (χ1) is 19.9. The van der Waals surface area contributed by atoms with Crippen LogP contribution in [0.1, 0.15) is 22.4 Å². The van der Waals surface area contributed by atoms with Crippen LogP contribution >= 0.6 is 23.2 Å². The number of nitrogens with one attached hydrogen (secondary N) is 1. The van der Waals surface area contributed by atoms with Gasteiger partial charge in [-0.3, -0.25) is 4.79 Å². The average Bonchev–Trinajstić information content (AvgIpc) is 2.95. The lowest BCUT2D eigenvalue weighted by atomic mass is 10.1. The third-order valence-electron chi connectivity index (χ3n) is 6.40. The third kappa shape index (κ3) is 7.63. The van der Waals surface area contributed by atoms with E-state index in [0.29, 0.717) is 33.3 Å². The second-order valence-electron chi connectivity index (χ2n) is 9.30. The van der Waals surface area contributed by atoms with Crippen molar-refractivity contribution in [3.63, 3.8) is 0 Å². The number of aromatic nitrogens is 1. The molecule has 1 N–H and O–H groups in total. The molecule has 0 aliphatic heterocycles. The normalized spacial score (nSPS) is 11.3. The van der Waals surface area contributed by atoms with Gasteiger partial charge in [-0.15, -0.1) is 0 Å². The number of aryl methyl sites for hydroxylation is 1. The van der Waals surface area contributed by atoms with Gasteiger partial charge in [0, 0.05) is 29.4 Å². The van der Waals surface area contributed by atoms with E-state index in [2.05, 4.69) is 10.3 Å². The van der Waals surface area contributed by atoms with E-state index in [1.807, 2.05) is 37.3 Å². The summed E-state index contributed by atoms with van der Waals surface area (Å²) < 4.78 is 49.6. The van der Waals surface area contributed by atoms with E-state index in [9.17, 15) is 22.8 Å². The number of anilines is 1. The number of carbonyl (C=O) groups excluding carboxylic acids is 2. The number of alkyl halides is 3. The van der Waals surface area contributed by atoms with Crippen molar-refractivity contribution in [1.82, 2.24) is 10.3 Å². The van der Waals surface area contributed by atoms with E-state index in [1.54, 1.807) is 12.1 Å². The van der Waals surface area contributed by atoms with Gasteiger partial charge in [-0.25, -0.2) is 9.78 Å². The number of amides is 2. The van der Waals surface area contributed by atoms with Gasteiger partial charge in [0.1, 0.15) is 18.9 Å². The smallest absolute Gasteiger partial charge is 0.416 e. The van der Waals surface area contributed by atoms with Crippen LogP contribution in [0.4, 0.5) is 23.7 Å². The summed E-state index contributed by atoms with van der Waals surface area (Å²) in [5.74, 6) is 0.0573. The molecule has 4 aromatic rings. The van der Waals surface area contributed by atoms with Gasteiger partial charge in [-0.05, 0) is 42.8 Å². The minimum atomic E-state index is -4.46. The van der Waals surface area contributed by atoms with Gasteiger partial charge in [-0.1, -0.05) is 59.6 Å². The minimum Gasteiger partial charge on any atom is -0.487 e. The summed E-state index contributed by atoms with van der Waals surface area (Å²) in [7, 11) is 1.49. The number of rotatable bonds is 9. The highest BCUT2D eigenvalue weighted by atomic mass is 35.5. The van der Waals surface area contributed by atoms with Gasteiger partial charge < -0.3 is 19.7 Å². The molecule has 0 aliphatic rings. The predicted octanol–water partition coefficient (Wildman–Crippen LogP) is 7.38. The molecule has 12 heteroatoms. The number of ether oxygens (including phenoxy) is 2. The first-order valence-corrected chi connectivity index (χ1v) is 13.5. The van der Waals surface area contributed by atoms with Crippen LogP contribution in [0.3, 0.4) is 0 Å². The molecular formula is C30H26Cl2F3N3O4. The highest BCUT2D eigenvalue weighted by molar-refractivity contribution is 6.38. The van der Waals surface area contributed by atoms with Crippen LogP contribution in [-0.4, -0.2) is 37.2 Å². The Morgan fingerprint density at radius 3 is 2.55 bits per heavy atom. The summed E-state index contributed by atoms with van der Waals surface area (Å²) >= 11 is 13.0. The molecule has 0 fully saturated rings. The first kappa shape index (κ1) is 30.9. The molecule has 1 aromatic heterocycles. The van der Waals surface area contributed by atoms with Crippen LogP contribution in [0, 0.1) is 6.92 Å². The molecule has 7 nitrogen and oxygen atoms in total. The van der Waals surface area contributed by atoms with Crippen molar-refractivity contribution >= 4 is 51.8 Å². The molecule has 0 atom stereocenters. The van der Waals surface area contributed by atoms with Gasteiger partial charge >= 0.3 is 12.3 Å². The minimum absolute atomic E-state index is 0.0187. The SMILES string of the molecule is Cc1nc2ccccc2cc1OCc1c(Cl)ccc(N(C)C(=O)CNC(=O)OCCc2cccc(C(F)(F)F)c2)c1Cl. The molecule has 0 bridgehead atoms. The Kier molecular flexibility index (Phi) is 9.80. The lowest BCUT2D eigenvalue weighted by Gasteiger charge is -2.21.